The van der Waals surface area contributed by atoms with Crippen LogP contribution in [-0.4, -0.2) is 32.3 Å². The molecular weight excluding hydrogens is 430 g/mol. The van der Waals surface area contributed by atoms with Gasteiger partial charge in [0.1, 0.15) is 5.75 Å². The molecule has 0 bridgehead atoms. The van der Waals surface area contributed by atoms with E-state index in [4.69, 9.17) is 21.3 Å². The summed E-state index contributed by atoms with van der Waals surface area (Å²) in [5.74, 6) is 1.38. The van der Waals surface area contributed by atoms with E-state index in [0.29, 0.717) is 34.2 Å². The Morgan fingerprint density at radius 2 is 1.91 bits per heavy atom. The van der Waals surface area contributed by atoms with Gasteiger partial charge < -0.3 is 14.2 Å². The van der Waals surface area contributed by atoms with Gasteiger partial charge in [0, 0.05) is 36.9 Å². The average Bonchev–Trinajstić information content (AvgIpc) is 3.21. The Hall–Kier alpha value is -3.52. The van der Waals surface area contributed by atoms with E-state index >= 15 is 0 Å². The zero-order valence-electron chi connectivity index (χ0n) is 17.8. The highest BCUT2D eigenvalue weighted by Crippen LogP contribution is 2.32. The fraction of sp³-hybridized carbons (Fsp3) is 0.261. The Morgan fingerprint density at radius 3 is 2.69 bits per heavy atom. The highest BCUT2D eigenvalue weighted by atomic mass is 35.5. The third kappa shape index (κ3) is 3.18. The van der Waals surface area contributed by atoms with Gasteiger partial charge in [0.2, 0.25) is 5.95 Å². The van der Waals surface area contributed by atoms with E-state index in [1.54, 1.807) is 20.2 Å². The molecule has 2 aromatic heterocycles. The van der Waals surface area contributed by atoms with E-state index in [2.05, 4.69) is 0 Å². The number of aromatic nitrogens is 4. The molecule has 0 atom stereocenters. The molecule has 0 spiro atoms. The van der Waals surface area contributed by atoms with Crippen molar-refractivity contribution in [1.29, 1.82) is 0 Å². The van der Waals surface area contributed by atoms with E-state index in [1.807, 2.05) is 51.9 Å². The molecule has 0 aliphatic carbocycles. The Morgan fingerprint density at radius 1 is 1.09 bits per heavy atom. The molecule has 8 nitrogen and oxygen atoms in total. The smallest absolute Gasteiger partial charge is 0.332 e. The minimum atomic E-state index is -0.425. The molecule has 2 aromatic carbocycles. The van der Waals surface area contributed by atoms with Crippen LogP contribution >= 0.6 is 11.6 Å². The number of ether oxygens (including phenoxy) is 1. The van der Waals surface area contributed by atoms with E-state index < -0.39 is 5.69 Å². The molecule has 9 heteroatoms. The summed E-state index contributed by atoms with van der Waals surface area (Å²) in [4.78, 5) is 33.3. The number of aryl methyl sites for hydroxylation is 2. The first-order valence-corrected chi connectivity index (χ1v) is 10.7. The van der Waals surface area contributed by atoms with Gasteiger partial charge in [-0.15, -0.1) is 0 Å². The van der Waals surface area contributed by atoms with Crippen molar-refractivity contribution < 1.29 is 4.74 Å². The van der Waals surface area contributed by atoms with Gasteiger partial charge in [-0.05, 0) is 30.2 Å². The molecule has 0 amide bonds. The summed E-state index contributed by atoms with van der Waals surface area (Å²) >= 11 is 6.28. The Balaban J connectivity index is 1.70. The van der Waals surface area contributed by atoms with Crippen LogP contribution in [0.5, 0.6) is 5.75 Å². The van der Waals surface area contributed by atoms with Crippen LogP contribution in [0.3, 0.4) is 0 Å². The first-order chi connectivity index (χ1) is 15.5. The quantitative estimate of drug-likeness (QED) is 0.476. The summed E-state index contributed by atoms with van der Waals surface area (Å²) in [6.07, 6.45) is 0.836. The summed E-state index contributed by atoms with van der Waals surface area (Å²) in [5, 5.41) is 0.515. The minimum Gasteiger partial charge on any atom is -0.497 e. The number of benzene rings is 2. The summed E-state index contributed by atoms with van der Waals surface area (Å²) in [6, 6.07) is 14.9. The molecule has 1 aliphatic heterocycles. The first-order valence-electron chi connectivity index (χ1n) is 10.3. The lowest BCUT2D eigenvalue weighted by molar-refractivity contribution is 0.415. The zero-order chi connectivity index (χ0) is 22.4. The predicted octanol–water partition coefficient (Wildman–Crippen LogP) is 3.15. The molecule has 0 N–H and O–H groups in total. The zero-order valence-corrected chi connectivity index (χ0v) is 18.5. The number of hydrogen-bond donors (Lipinski definition) is 0. The maximum absolute atomic E-state index is 13.5. The fourth-order valence-corrected chi connectivity index (χ4v) is 4.42. The van der Waals surface area contributed by atoms with E-state index in [0.717, 1.165) is 24.4 Å². The van der Waals surface area contributed by atoms with E-state index in [1.165, 1.54) is 9.13 Å². The summed E-state index contributed by atoms with van der Waals surface area (Å²) < 4.78 is 9.93. The van der Waals surface area contributed by atoms with Crippen LogP contribution in [0.2, 0.25) is 5.02 Å². The number of nitrogens with zero attached hydrogens (tertiary/aromatic N) is 5. The van der Waals surface area contributed by atoms with Crippen LogP contribution in [0, 0.1) is 0 Å². The molecule has 164 valence electrons. The fourth-order valence-electron chi connectivity index (χ4n) is 4.22. The third-order valence-electron chi connectivity index (χ3n) is 5.87. The van der Waals surface area contributed by atoms with Crippen LogP contribution in [0.15, 0.2) is 58.1 Å². The summed E-state index contributed by atoms with van der Waals surface area (Å²) in [6.45, 7) is 1.49. The molecule has 5 rings (SSSR count). The molecule has 3 heterocycles. The van der Waals surface area contributed by atoms with Crippen molar-refractivity contribution >= 4 is 34.4 Å². The van der Waals surface area contributed by atoms with Crippen LogP contribution in [-0.2, 0) is 20.1 Å². The summed E-state index contributed by atoms with van der Waals surface area (Å²) in [7, 11) is 3.27. The number of fused-ring (bicyclic) bond motifs is 3. The molecule has 0 saturated heterocycles. The second-order valence-electron chi connectivity index (χ2n) is 7.77. The van der Waals surface area contributed by atoms with E-state index in [-0.39, 0.29) is 12.1 Å². The van der Waals surface area contributed by atoms with Gasteiger partial charge in [0.25, 0.3) is 5.56 Å². The minimum absolute atomic E-state index is 0.0984. The average molecular weight is 452 g/mol. The van der Waals surface area contributed by atoms with Crippen molar-refractivity contribution in [3.63, 3.8) is 0 Å². The van der Waals surface area contributed by atoms with Gasteiger partial charge >= 0.3 is 5.69 Å². The Labute approximate surface area is 188 Å². The molecule has 0 saturated carbocycles. The van der Waals surface area contributed by atoms with Crippen molar-refractivity contribution in [2.45, 2.75) is 19.5 Å². The third-order valence-corrected chi connectivity index (χ3v) is 6.24. The Bertz CT molecular complexity index is 1450. The number of methoxy groups -OCH3 is 1. The number of hydrogen-bond acceptors (Lipinski definition) is 5. The molecular formula is C23H22ClN5O3. The molecule has 0 fully saturated rings. The lowest BCUT2D eigenvalue weighted by Crippen LogP contribution is -2.40. The van der Waals surface area contributed by atoms with Gasteiger partial charge in [0.05, 0.1) is 13.7 Å². The normalized spacial score (nSPS) is 13.4. The van der Waals surface area contributed by atoms with Crippen molar-refractivity contribution in [1.82, 2.24) is 18.7 Å². The van der Waals surface area contributed by atoms with Gasteiger partial charge in [-0.3, -0.25) is 13.9 Å². The highest BCUT2D eigenvalue weighted by Gasteiger charge is 2.27. The number of imidazole rings is 1. The monoisotopic (exact) mass is 451 g/mol. The molecule has 1 aliphatic rings. The van der Waals surface area contributed by atoms with Crippen LogP contribution in [0.1, 0.15) is 12.0 Å². The van der Waals surface area contributed by atoms with Crippen molar-refractivity contribution in [2.24, 2.45) is 7.05 Å². The second kappa shape index (κ2) is 7.87. The summed E-state index contributed by atoms with van der Waals surface area (Å²) in [5.41, 5.74) is 1.63. The standard InChI is InChI=1S/C23H22ClN5O3/c1-26-20-19(21(30)29(23(26)31)14-15-7-3-4-10-18(15)24)28-12-6-11-27(22(28)25-20)16-8-5-9-17(13-16)32-2/h3-5,7-10,13H,6,11-12,14H2,1-2H3. The second-order valence-corrected chi connectivity index (χ2v) is 8.17. The van der Waals surface area contributed by atoms with Crippen LogP contribution in [0.25, 0.3) is 11.2 Å². The number of anilines is 2. The number of halogens is 1. The predicted molar refractivity (Wildman–Crippen MR) is 124 cm³/mol. The van der Waals surface area contributed by atoms with Gasteiger partial charge in [-0.2, -0.15) is 4.98 Å². The first kappa shape index (κ1) is 20.4. The molecule has 4 aromatic rings. The molecule has 32 heavy (non-hydrogen) atoms. The lowest BCUT2D eigenvalue weighted by Gasteiger charge is -2.29. The number of rotatable bonds is 4. The van der Waals surface area contributed by atoms with Gasteiger partial charge in [-0.25, -0.2) is 4.79 Å². The maximum atomic E-state index is 13.5. The molecule has 0 radical (unpaired) electrons. The van der Waals surface area contributed by atoms with Crippen LogP contribution < -0.4 is 20.9 Å². The van der Waals surface area contributed by atoms with Crippen molar-refractivity contribution in [2.75, 3.05) is 18.6 Å². The Kier molecular flexibility index (Phi) is 5.01. The van der Waals surface area contributed by atoms with Crippen molar-refractivity contribution in [3.05, 3.63) is 80.0 Å². The van der Waals surface area contributed by atoms with Crippen LogP contribution in [0.4, 0.5) is 11.6 Å². The topological polar surface area (TPSA) is 74.3 Å². The van der Waals surface area contributed by atoms with Crippen molar-refractivity contribution in [3.8, 4) is 5.75 Å². The molecule has 0 unspecified atom stereocenters. The highest BCUT2D eigenvalue weighted by molar-refractivity contribution is 6.31. The van der Waals surface area contributed by atoms with Gasteiger partial charge in [-0.1, -0.05) is 35.9 Å². The maximum Gasteiger partial charge on any atom is 0.332 e. The largest absolute Gasteiger partial charge is 0.497 e. The van der Waals surface area contributed by atoms with E-state index in [9.17, 15) is 9.59 Å². The lowest BCUT2D eigenvalue weighted by atomic mass is 10.2. The van der Waals surface area contributed by atoms with Gasteiger partial charge in [0.15, 0.2) is 11.2 Å². The SMILES string of the molecule is COc1cccc(N2CCCn3c2nc2c3c(=O)n(Cc3ccccc3Cl)c(=O)n2C)c1.